The van der Waals surface area contributed by atoms with Crippen molar-refractivity contribution in [3.8, 4) is 11.1 Å². The van der Waals surface area contributed by atoms with Crippen LogP contribution in [0, 0.1) is 0 Å². The number of Topliss-reactive ketones (excluding diaryl/α,β-unsaturated/α-hetero) is 1. The van der Waals surface area contributed by atoms with E-state index < -0.39 is 11.9 Å². The highest BCUT2D eigenvalue weighted by atomic mass is 35.5. The highest BCUT2D eigenvalue weighted by Crippen LogP contribution is 2.41. The largest absolute Gasteiger partial charge is 0.478 e. The van der Waals surface area contributed by atoms with Gasteiger partial charge in [0.05, 0.1) is 16.0 Å². The van der Waals surface area contributed by atoms with E-state index in [-0.39, 0.29) is 10.8 Å². The van der Waals surface area contributed by atoms with Crippen LogP contribution in [-0.4, -0.2) is 28.4 Å². The SMILES string of the molecule is O=C(O)/C=C/c1cccc(-c2ccnc3c2C(C(=O)c2cccc(Cl)c2Cl)CN3)c1. The minimum Gasteiger partial charge on any atom is -0.478 e. The van der Waals surface area contributed by atoms with Crippen molar-refractivity contribution >= 4 is 46.8 Å². The summed E-state index contributed by atoms with van der Waals surface area (Å²) >= 11 is 12.4. The van der Waals surface area contributed by atoms with Crippen LogP contribution in [-0.2, 0) is 4.79 Å². The number of carbonyl (C=O) groups is 2. The predicted octanol–water partition coefficient (Wildman–Crippen LogP) is 5.55. The molecule has 7 heteroatoms. The van der Waals surface area contributed by atoms with Gasteiger partial charge in [-0.25, -0.2) is 9.78 Å². The molecular weight excluding hydrogens is 423 g/mol. The predicted molar refractivity (Wildman–Crippen MR) is 118 cm³/mol. The second-order valence-corrected chi connectivity index (χ2v) is 7.60. The Labute approximate surface area is 183 Å². The maximum Gasteiger partial charge on any atom is 0.328 e. The van der Waals surface area contributed by atoms with Gasteiger partial charge in [-0.1, -0.05) is 47.5 Å². The first-order chi connectivity index (χ1) is 14.5. The number of aliphatic carboxylic acids is 1. The molecule has 3 aromatic rings. The third-order valence-electron chi connectivity index (χ3n) is 4.96. The lowest BCUT2D eigenvalue weighted by molar-refractivity contribution is -0.131. The number of benzene rings is 2. The van der Waals surface area contributed by atoms with Crippen LogP contribution in [0.5, 0.6) is 0 Å². The van der Waals surface area contributed by atoms with Crippen molar-refractivity contribution in [2.45, 2.75) is 5.92 Å². The monoisotopic (exact) mass is 438 g/mol. The molecule has 1 aromatic heterocycles. The number of carboxylic acids is 1. The quantitative estimate of drug-likeness (QED) is 0.403. The molecule has 1 aliphatic rings. The highest BCUT2D eigenvalue weighted by Gasteiger charge is 2.34. The number of anilines is 1. The summed E-state index contributed by atoms with van der Waals surface area (Å²) in [6.07, 6.45) is 4.30. The lowest BCUT2D eigenvalue weighted by atomic mass is 9.87. The first-order valence-electron chi connectivity index (χ1n) is 9.18. The van der Waals surface area contributed by atoms with Crippen molar-refractivity contribution < 1.29 is 14.7 Å². The molecule has 2 heterocycles. The van der Waals surface area contributed by atoms with E-state index in [0.29, 0.717) is 22.9 Å². The van der Waals surface area contributed by atoms with Crippen molar-refractivity contribution in [1.82, 2.24) is 4.98 Å². The highest BCUT2D eigenvalue weighted by molar-refractivity contribution is 6.44. The van der Waals surface area contributed by atoms with Gasteiger partial charge in [-0.3, -0.25) is 4.79 Å². The lowest BCUT2D eigenvalue weighted by Crippen LogP contribution is -2.16. The van der Waals surface area contributed by atoms with Crippen LogP contribution in [0.15, 0.2) is 60.8 Å². The van der Waals surface area contributed by atoms with E-state index in [4.69, 9.17) is 28.3 Å². The van der Waals surface area contributed by atoms with E-state index in [1.807, 2.05) is 30.3 Å². The number of carbonyl (C=O) groups excluding carboxylic acids is 1. The van der Waals surface area contributed by atoms with Gasteiger partial charge in [-0.15, -0.1) is 0 Å². The molecule has 0 bridgehead atoms. The summed E-state index contributed by atoms with van der Waals surface area (Å²) in [5.41, 5.74) is 3.62. The summed E-state index contributed by atoms with van der Waals surface area (Å²) < 4.78 is 0. The summed E-state index contributed by atoms with van der Waals surface area (Å²) in [7, 11) is 0. The first kappa shape index (κ1) is 20.1. The fraction of sp³-hybridized carbons (Fsp3) is 0.0870. The number of fused-ring (bicyclic) bond motifs is 1. The number of hydrogen-bond donors (Lipinski definition) is 2. The third kappa shape index (κ3) is 3.82. The molecule has 0 amide bonds. The van der Waals surface area contributed by atoms with Gasteiger partial charge in [0.2, 0.25) is 0 Å². The first-order valence-corrected chi connectivity index (χ1v) is 9.93. The van der Waals surface area contributed by atoms with E-state index in [1.165, 1.54) is 6.08 Å². The number of rotatable bonds is 5. The Hall–Kier alpha value is -3.15. The number of halogens is 2. The van der Waals surface area contributed by atoms with Gasteiger partial charge >= 0.3 is 5.97 Å². The van der Waals surface area contributed by atoms with E-state index >= 15 is 0 Å². The summed E-state index contributed by atoms with van der Waals surface area (Å²) in [6.45, 7) is 0.402. The van der Waals surface area contributed by atoms with E-state index in [1.54, 1.807) is 24.4 Å². The maximum absolute atomic E-state index is 13.3. The number of ketones is 1. The van der Waals surface area contributed by atoms with Gasteiger partial charge in [-0.2, -0.15) is 0 Å². The molecule has 0 fully saturated rings. The van der Waals surface area contributed by atoms with Crippen molar-refractivity contribution in [2.24, 2.45) is 0 Å². The van der Waals surface area contributed by atoms with Gasteiger partial charge in [0.1, 0.15) is 5.82 Å². The van der Waals surface area contributed by atoms with Gasteiger partial charge in [0.25, 0.3) is 0 Å². The molecular formula is C23H16Cl2N2O3. The Balaban J connectivity index is 1.77. The Kier molecular flexibility index (Phi) is 5.57. The van der Waals surface area contributed by atoms with Crippen molar-refractivity contribution in [1.29, 1.82) is 0 Å². The summed E-state index contributed by atoms with van der Waals surface area (Å²) in [6, 6.07) is 14.3. The molecule has 2 N–H and O–H groups in total. The zero-order valence-corrected chi connectivity index (χ0v) is 17.1. The molecule has 0 saturated heterocycles. The second kappa shape index (κ2) is 8.30. The molecule has 0 spiro atoms. The van der Waals surface area contributed by atoms with Gasteiger partial charge in [0.15, 0.2) is 5.78 Å². The minimum absolute atomic E-state index is 0.134. The molecule has 30 heavy (non-hydrogen) atoms. The van der Waals surface area contributed by atoms with Crippen LogP contribution in [0.2, 0.25) is 10.0 Å². The van der Waals surface area contributed by atoms with Crippen LogP contribution >= 0.6 is 23.2 Å². The van der Waals surface area contributed by atoms with E-state index in [2.05, 4.69) is 10.3 Å². The number of nitrogens with zero attached hydrogens (tertiary/aromatic N) is 1. The van der Waals surface area contributed by atoms with Crippen LogP contribution < -0.4 is 5.32 Å². The number of aromatic nitrogens is 1. The van der Waals surface area contributed by atoms with E-state index in [9.17, 15) is 9.59 Å². The normalized spacial score (nSPS) is 15.1. The Morgan fingerprint density at radius 1 is 1.13 bits per heavy atom. The molecule has 150 valence electrons. The number of hydrogen-bond acceptors (Lipinski definition) is 4. The lowest BCUT2D eigenvalue weighted by Gasteiger charge is -2.15. The van der Waals surface area contributed by atoms with Crippen LogP contribution in [0.25, 0.3) is 17.2 Å². The van der Waals surface area contributed by atoms with Crippen LogP contribution in [0.4, 0.5) is 5.82 Å². The fourth-order valence-corrected chi connectivity index (χ4v) is 4.00. The van der Waals surface area contributed by atoms with Crippen molar-refractivity contribution in [3.05, 3.63) is 87.5 Å². The molecule has 1 unspecified atom stereocenters. The summed E-state index contributed by atoms with van der Waals surface area (Å²) in [5.74, 6) is -0.975. The van der Waals surface area contributed by atoms with Gasteiger partial charge in [-0.05, 0) is 47.0 Å². The second-order valence-electron chi connectivity index (χ2n) is 6.82. The summed E-state index contributed by atoms with van der Waals surface area (Å²) in [5, 5.41) is 12.6. The third-order valence-corrected chi connectivity index (χ3v) is 5.78. The Morgan fingerprint density at radius 3 is 2.73 bits per heavy atom. The molecule has 4 rings (SSSR count). The van der Waals surface area contributed by atoms with Crippen molar-refractivity contribution in [3.63, 3.8) is 0 Å². The molecule has 0 aliphatic carbocycles. The number of nitrogens with one attached hydrogen (secondary N) is 1. The van der Waals surface area contributed by atoms with Crippen LogP contribution in [0.1, 0.15) is 27.4 Å². The van der Waals surface area contributed by atoms with Gasteiger partial charge in [0, 0.05) is 29.9 Å². The molecule has 0 saturated carbocycles. The standard InChI is InChI=1S/C23H16Cl2N2O3/c24-18-6-2-5-16(21(18)25)22(30)17-12-27-23-20(17)15(9-10-26-23)14-4-1-3-13(11-14)7-8-19(28)29/h1-11,17H,12H2,(H,26,27)(H,28,29)/b8-7+. The topological polar surface area (TPSA) is 79.3 Å². The molecule has 1 atom stereocenters. The molecule has 5 nitrogen and oxygen atoms in total. The Bertz CT molecular complexity index is 1190. The van der Waals surface area contributed by atoms with E-state index in [0.717, 1.165) is 28.3 Å². The minimum atomic E-state index is -1.02. The van der Waals surface area contributed by atoms with Gasteiger partial charge < -0.3 is 10.4 Å². The average molecular weight is 439 g/mol. The van der Waals surface area contributed by atoms with Crippen molar-refractivity contribution in [2.75, 3.05) is 11.9 Å². The fourth-order valence-electron chi connectivity index (χ4n) is 3.60. The molecule has 0 radical (unpaired) electrons. The zero-order chi connectivity index (χ0) is 21.3. The molecule has 2 aromatic carbocycles. The Morgan fingerprint density at radius 2 is 1.93 bits per heavy atom. The maximum atomic E-state index is 13.3. The number of pyridine rings is 1. The van der Waals surface area contributed by atoms with Crippen LogP contribution in [0.3, 0.4) is 0 Å². The number of carboxylic acid groups (broad SMARTS) is 1. The zero-order valence-electron chi connectivity index (χ0n) is 15.6. The summed E-state index contributed by atoms with van der Waals surface area (Å²) in [4.78, 5) is 28.5. The smallest absolute Gasteiger partial charge is 0.328 e. The molecule has 1 aliphatic heterocycles. The average Bonchev–Trinajstić information content (AvgIpc) is 3.18.